The highest BCUT2D eigenvalue weighted by atomic mass is 16.1. The molecule has 0 saturated carbocycles. The minimum absolute atomic E-state index is 0.0792. The predicted molar refractivity (Wildman–Crippen MR) is 61.5 cm³/mol. The molecule has 0 radical (unpaired) electrons. The van der Waals surface area contributed by atoms with E-state index >= 15 is 0 Å². The SMILES string of the molecule is CNCCC(=O)N[C@H](C)c1ccccc1. The van der Waals surface area contributed by atoms with Crippen LogP contribution in [0.5, 0.6) is 0 Å². The smallest absolute Gasteiger partial charge is 0.221 e. The van der Waals surface area contributed by atoms with Crippen LogP contribution in [0.1, 0.15) is 24.9 Å². The van der Waals surface area contributed by atoms with E-state index in [0.717, 1.165) is 5.56 Å². The molecule has 1 rings (SSSR count). The molecular formula is C12H18N2O. The molecular weight excluding hydrogens is 188 g/mol. The number of hydrogen-bond acceptors (Lipinski definition) is 2. The molecule has 0 unspecified atom stereocenters. The van der Waals surface area contributed by atoms with Crippen LogP contribution in [-0.4, -0.2) is 19.5 Å². The summed E-state index contributed by atoms with van der Waals surface area (Å²) < 4.78 is 0. The monoisotopic (exact) mass is 206 g/mol. The first-order valence-electron chi connectivity index (χ1n) is 5.23. The highest BCUT2D eigenvalue weighted by Gasteiger charge is 2.07. The van der Waals surface area contributed by atoms with Crippen molar-refractivity contribution in [3.63, 3.8) is 0 Å². The third-order valence-corrected chi connectivity index (χ3v) is 2.28. The molecule has 0 saturated heterocycles. The molecule has 1 atom stereocenters. The number of rotatable bonds is 5. The Hall–Kier alpha value is -1.35. The summed E-state index contributed by atoms with van der Waals surface area (Å²) in [4.78, 5) is 11.4. The zero-order chi connectivity index (χ0) is 11.1. The Morgan fingerprint density at radius 3 is 2.60 bits per heavy atom. The van der Waals surface area contributed by atoms with E-state index in [1.165, 1.54) is 0 Å². The van der Waals surface area contributed by atoms with Gasteiger partial charge in [0.15, 0.2) is 0 Å². The second-order valence-corrected chi connectivity index (χ2v) is 3.55. The number of benzene rings is 1. The molecule has 2 N–H and O–H groups in total. The Morgan fingerprint density at radius 1 is 1.33 bits per heavy atom. The Bertz CT molecular complexity index is 298. The van der Waals surface area contributed by atoms with Crippen molar-refractivity contribution in [3.8, 4) is 0 Å². The van der Waals surface area contributed by atoms with Crippen molar-refractivity contribution in [1.82, 2.24) is 10.6 Å². The molecule has 0 bridgehead atoms. The normalized spacial score (nSPS) is 12.1. The molecule has 1 aromatic carbocycles. The van der Waals surface area contributed by atoms with Crippen molar-refractivity contribution in [3.05, 3.63) is 35.9 Å². The molecule has 0 aliphatic heterocycles. The van der Waals surface area contributed by atoms with Crippen molar-refractivity contribution < 1.29 is 4.79 Å². The quantitative estimate of drug-likeness (QED) is 0.766. The van der Waals surface area contributed by atoms with Gasteiger partial charge in [0.1, 0.15) is 0 Å². The molecule has 0 aromatic heterocycles. The molecule has 15 heavy (non-hydrogen) atoms. The zero-order valence-electron chi connectivity index (χ0n) is 9.29. The second-order valence-electron chi connectivity index (χ2n) is 3.55. The summed E-state index contributed by atoms with van der Waals surface area (Å²) in [6, 6.07) is 10.0. The molecule has 1 amide bonds. The van der Waals surface area contributed by atoms with Gasteiger partial charge in [-0.1, -0.05) is 30.3 Å². The number of amides is 1. The van der Waals surface area contributed by atoms with Gasteiger partial charge in [0.25, 0.3) is 0 Å². The third-order valence-electron chi connectivity index (χ3n) is 2.28. The molecule has 0 aliphatic rings. The number of hydrogen-bond donors (Lipinski definition) is 2. The average molecular weight is 206 g/mol. The molecule has 0 heterocycles. The van der Waals surface area contributed by atoms with E-state index in [9.17, 15) is 4.79 Å². The summed E-state index contributed by atoms with van der Waals surface area (Å²) in [5, 5.41) is 5.90. The van der Waals surface area contributed by atoms with Gasteiger partial charge >= 0.3 is 0 Å². The summed E-state index contributed by atoms with van der Waals surface area (Å²) >= 11 is 0. The second kappa shape index (κ2) is 6.19. The fourth-order valence-corrected chi connectivity index (χ4v) is 1.38. The summed E-state index contributed by atoms with van der Waals surface area (Å²) in [6.07, 6.45) is 0.522. The Morgan fingerprint density at radius 2 is 2.00 bits per heavy atom. The van der Waals surface area contributed by atoms with Crippen LogP contribution in [0.4, 0.5) is 0 Å². The largest absolute Gasteiger partial charge is 0.350 e. The van der Waals surface area contributed by atoms with Crippen LogP contribution in [-0.2, 0) is 4.79 Å². The first-order chi connectivity index (χ1) is 7.24. The molecule has 0 spiro atoms. The fourth-order valence-electron chi connectivity index (χ4n) is 1.38. The van der Waals surface area contributed by atoms with Crippen molar-refractivity contribution >= 4 is 5.91 Å². The van der Waals surface area contributed by atoms with Gasteiger partial charge in [0.2, 0.25) is 5.91 Å². The Labute approximate surface area is 90.9 Å². The zero-order valence-corrected chi connectivity index (χ0v) is 9.29. The summed E-state index contributed by atoms with van der Waals surface area (Å²) in [6.45, 7) is 2.71. The molecule has 82 valence electrons. The number of nitrogens with one attached hydrogen (secondary N) is 2. The third kappa shape index (κ3) is 4.13. The van der Waals surface area contributed by atoms with Gasteiger partial charge in [-0.2, -0.15) is 0 Å². The van der Waals surface area contributed by atoms with Gasteiger partial charge in [0.05, 0.1) is 6.04 Å². The maximum atomic E-state index is 11.4. The average Bonchev–Trinajstić information content (AvgIpc) is 2.27. The Balaban J connectivity index is 2.42. The summed E-state index contributed by atoms with van der Waals surface area (Å²) in [5.41, 5.74) is 1.13. The molecule has 1 aromatic rings. The summed E-state index contributed by atoms with van der Waals surface area (Å²) in [7, 11) is 1.84. The standard InChI is InChI=1S/C12H18N2O/c1-10(11-6-4-3-5-7-11)14-12(15)8-9-13-2/h3-7,10,13H,8-9H2,1-2H3,(H,14,15)/t10-/m1/s1. The van der Waals surface area contributed by atoms with Crippen molar-refractivity contribution in [1.29, 1.82) is 0 Å². The maximum Gasteiger partial charge on any atom is 0.221 e. The van der Waals surface area contributed by atoms with Crippen LogP contribution in [0, 0.1) is 0 Å². The van der Waals surface area contributed by atoms with E-state index < -0.39 is 0 Å². The minimum Gasteiger partial charge on any atom is -0.350 e. The van der Waals surface area contributed by atoms with Crippen LogP contribution < -0.4 is 10.6 Å². The van der Waals surface area contributed by atoms with Crippen LogP contribution in [0.15, 0.2) is 30.3 Å². The van der Waals surface area contributed by atoms with Crippen molar-refractivity contribution in [2.45, 2.75) is 19.4 Å². The van der Waals surface area contributed by atoms with Gasteiger partial charge in [-0.25, -0.2) is 0 Å². The van der Waals surface area contributed by atoms with E-state index in [2.05, 4.69) is 10.6 Å². The van der Waals surface area contributed by atoms with Crippen LogP contribution in [0.25, 0.3) is 0 Å². The lowest BCUT2D eigenvalue weighted by molar-refractivity contribution is -0.121. The topological polar surface area (TPSA) is 41.1 Å². The number of carbonyl (C=O) groups is 1. The maximum absolute atomic E-state index is 11.4. The first kappa shape index (κ1) is 11.7. The lowest BCUT2D eigenvalue weighted by Crippen LogP contribution is -2.28. The highest BCUT2D eigenvalue weighted by molar-refractivity contribution is 5.76. The van der Waals surface area contributed by atoms with E-state index in [1.807, 2.05) is 44.3 Å². The summed E-state index contributed by atoms with van der Waals surface area (Å²) in [5.74, 6) is 0.0840. The van der Waals surface area contributed by atoms with E-state index in [4.69, 9.17) is 0 Å². The van der Waals surface area contributed by atoms with E-state index in [0.29, 0.717) is 13.0 Å². The van der Waals surface area contributed by atoms with Crippen LogP contribution in [0.2, 0.25) is 0 Å². The molecule has 3 nitrogen and oxygen atoms in total. The lowest BCUT2D eigenvalue weighted by atomic mass is 10.1. The van der Waals surface area contributed by atoms with Crippen LogP contribution in [0.3, 0.4) is 0 Å². The van der Waals surface area contributed by atoms with Crippen molar-refractivity contribution in [2.24, 2.45) is 0 Å². The fraction of sp³-hybridized carbons (Fsp3) is 0.417. The van der Waals surface area contributed by atoms with E-state index in [-0.39, 0.29) is 11.9 Å². The first-order valence-corrected chi connectivity index (χ1v) is 5.23. The van der Waals surface area contributed by atoms with Gasteiger partial charge in [-0.05, 0) is 19.5 Å². The van der Waals surface area contributed by atoms with Gasteiger partial charge in [-0.3, -0.25) is 4.79 Å². The minimum atomic E-state index is 0.0792. The van der Waals surface area contributed by atoms with Crippen molar-refractivity contribution in [2.75, 3.05) is 13.6 Å². The van der Waals surface area contributed by atoms with E-state index in [1.54, 1.807) is 0 Å². The van der Waals surface area contributed by atoms with Gasteiger partial charge in [0, 0.05) is 13.0 Å². The van der Waals surface area contributed by atoms with Gasteiger partial charge < -0.3 is 10.6 Å². The Kier molecular flexibility index (Phi) is 4.84. The molecule has 0 fully saturated rings. The highest BCUT2D eigenvalue weighted by Crippen LogP contribution is 2.10. The molecule has 3 heteroatoms. The molecule has 0 aliphatic carbocycles. The lowest BCUT2D eigenvalue weighted by Gasteiger charge is -2.13. The van der Waals surface area contributed by atoms with Crippen LogP contribution >= 0.6 is 0 Å². The predicted octanol–water partition coefficient (Wildman–Crippen LogP) is 1.47. The van der Waals surface area contributed by atoms with Gasteiger partial charge in [-0.15, -0.1) is 0 Å². The number of carbonyl (C=O) groups excluding carboxylic acids is 1.